The molecule has 0 saturated carbocycles. The van der Waals surface area contributed by atoms with E-state index in [1.807, 2.05) is 18.2 Å². The van der Waals surface area contributed by atoms with Crippen molar-refractivity contribution >= 4 is 17.4 Å². The third kappa shape index (κ3) is 4.67. The van der Waals surface area contributed by atoms with Crippen LogP contribution in [0.2, 0.25) is 0 Å². The summed E-state index contributed by atoms with van der Waals surface area (Å²) >= 11 is 1.42. The molecule has 1 atom stereocenters. The number of nitro groups is 1. The van der Waals surface area contributed by atoms with Crippen LogP contribution in [0, 0.1) is 10.1 Å². The van der Waals surface area contributed by atoms with Crippen molar-refractivity contribution in [3.8, 4) is 0 Å². The topological polar surface area (TPSA) is 82.1 Å². The van der Waals surface area contributed by atoms with Crippen LogP contribution in [0.1, 0.15) is 29.9 Å². The summed E-state index contributed by atoms with van der Waals surface area (Å²) in [4.78, 5) is 10.2. The molecule has 0 bridgehead atoms. The summed E-state index contributed by atoms with van der Waals surface area (Å²) < 4.78 is 5.69. The predicted octanol–water partition coefficient (Wildman–Crippen LogP) is 4.62. The van der Waals surface area contributed by atoms with Crippen LogP contribution in [-0.4, -0.2) is 15.1 Å². The van der Waals surface area contributed by atoms with Gasteiger partial charge in [-0.15, -0.1) is 10.2 Å². The second-order valence-electron chi connectivity index (χ2n) is 5.69. The van der Waals surface area contributed by atoms with Gasteiger partial charge < -0.3 is 4.42 Å². The molecule has 1 unspecified atom stereocenters. The van der Waals surface area contributed by atoms with Gasteiger partial charge >= 0.3 is 0 Å². The van der Waals surface area contributed by atoms with E-state index in [1.165, 1.54) is 29.5 Å². The second-order valence-corrected chi connectivity index (χ2v) is 6.62. The maximum Gasteiger partial charge on any atom is 0.276 e. The number of hydrogen-bond acceptors (Lipinski definition) is 6. The molecule has 6 nitrogen and oxygen atoms in total. The average Bonchev–Trinajstić information content (AvgIpc) is 3.08. The first-order valence-electron chi connectivity index (χ1n) is 7.85. The maximum absolute atomic E-state index is 10.7. The fourth-order valence-electron chi connectivity index (χ4n) is 2.40. The summed E-state index contributed by atoms with van der Waals surface area (Å²) in [6.45, 7) is 2.13. The van der Waals surface area contributed by atoms with Crippen LogP contribution in [0.4, 0.5) is 5.69 Å². The van der Waals surface area contributed by atoms with Crippen LogP contribution in [0.3, 0.4) is 0 Å². The highest BCUT2D eigenvalue weighted by Crippen LogP contribution is 2.25. The summed E-state index contributed by atoms with van der Waals surface area (Å²) in [6.07, 6.45) is 0.690. The number of rotatable bonds is 7. The molecule has 0 aliphatic rings. The lowest BCUT2D eigenvalue weighted by molar-refractivity contribution is -0.384. The Morgan fingerprint density at radius 1 is 1.12 bits per heavy atom. The molecule has 3 aromatic rings. The van der Waals surface area contributed by atoms with Gasteiger partial charge in [-0.25, -0.2) is 0 Å². The van der Waals surface area contributed by atoms with E-state index >= 15 is 0 Å². The van der Waals surface area contributed by atoms with Crippen molar-refractivity contribution in [2.75, 3.05) is 0 Å². The molecule has 0 saturated heterocycles. The molecule has 0 amide bonds. The summed E-state index contributed by atoms with van der Waals surface area (Å²) in [7, 11) is 0. The Balaban J connectivity index is 1.55. The number of aromatic nitrogens is 2. The zero-order valence-electron chi connectivity index (χ0n) is 13.7. The monoisotopic (exact) mass is 355 g/mol. The van der Waals surface area contributed by atoms with Crippen molar-refractivity contribution < 1.29 is 9.34 Å². The molecule has 25 heavy (non-hydrogen) atoms. The minimum atomic E-state index is -0.408. The van der Waals surface area contributed by atoms with Crippen LogP contribution in [0.5, 0.6) is 0 Å². The molecule has 3 rings (SSSR count). The lowest BCUT2D eigenvalue weighted by Crippen LogP contribution is -1.98. The molecule has 0 N–H and O–H groups in total. The van der Waals surface area contributed by atoms with E-state index in [0.29, 0.717) is 29.2 Å². The number of non-ortho nitro benzene ring substituents is 1. The van der Waals surface area contributed by atoms with Gasteiger partial charge in [-0.1, -0.05) is 61.2 Å². The minimum Gasteiger partial charge on any atom is -0.416 e. The van der Waals surface area contributed by atoms with E-state index in [9.17, 15) is 10.1 Å². The fourth-order valence-corrected chi connectivity index (χ4v) is 3.14. The van der Waals surface area contributed by atoms with E-state index in [2.05, 4.69) is 29.3 Å². The Kier molecular flexibility index (Phi) is 5.45. The second kappa shape index (κ2) is 7.94. The van der Waals surface area contributed by atoms with Crippen molar-refractivity contribution in [3.63, 3.8) is 0 Å². The van der Waals surface area contributed by atoms with E-state index in [1.54, 1.807) is 12.1 Å². The summed E-state index contributed by atoms with van der Waals surface area (Å²) in [6, 6.07) is 16.7. The molecular weight excluding hydrogens is 338 g/mol. The van der Waals surface area contributed by atoms with E-state index in [4.69, 9.17) is 4.42 Å². The van der Waals surface area contributed by atoms with Gasteiger partial charge in [0.15, 0.2) is 0 Å². The van der Waals surface area contributed by atoms with Crippen molar-refractivity contribution in [1.29, 1.82) is 0 Å². The first-order valence-corrected chi connectivity index (χ1v) is 8.84. The fraction of sp³-hybridized carbons (Fsp3) is 0.222. The quantitative estimate of drug-likeness (QED) is 0.349. The number of hydrogen-bond donors (Lipinski definition) is 0. The SMILES string of the molecule is CC(Cc1nnc(SCc2ccc([N+](=O)[O-])cc2)o1)c1ccccc1. The first kappa shape index (κ1) is 17.2. The van der Waals surface area contributed by atoms with Crippen LogP contribution in [0.25, 0.3) is 0 Å². The number of benzene rings is 2. The molecule has 1 aromatic heterocycles. The lowest BCUT2D eigenvalue weighted by Gasteiger charge is -2.08. The third-order valence-corrected chi connectivity index (χ3v) is 4.70. The van der Waals surface area contributed by atoms with Gasteiger partial charge in [-0.05, 0) is 17.0 Å². The van der Waals surface area contributed by atoms with Gasteiger partial charge in [0, 0.05) is 24.3 Å². The Bertz CT molecular complexity index is 834. The van der Waals surface area contributed by atoms with Gasteiger partial charge in [0.2, 0.25) is 5.89 Å². The van der Waals surface area contributed by atoms with Gasteiger partial charge in [0.25, 0.3) is 10.9 Å². The standard InChI is InChI=1S/C18H17N3O3S/c1-13(15-5-3-2-4-6-15)11-17-19-20-18(24-17)25-12-14-7-9-16(10-8-14)21(22)23/h2-10,13H,11-12H2,1H3. The molecule has 0 fully saturated rings. The first-order chi connectivity index (χ1) is 12.1. The highest BCUT2D eigenvalue weighted by Gasteiger charge is 2.13. The molecule has 128 valence electrons. The molecule has 1 heterocycles. The van der Waals surface area contributed by atoms with Gasteiger partial charge in [-0.2, -0.15) is 0 Å². The van der Waals surface area contributed by atoms with Crippen LogP contribution >= 0.6 is 11.8 Å². The van der Waals surface area contributed by atoms with Crippen molar-refractivity contribution in [2.24, 2.45) is 0 Å². The van der Waals surface area contributed by atoms with Gasteiger partial charge in [0.1, 0.15) is 0 Å². The molecular formula is C18H17N3O3S. The summed E-state index contributed by atoms with van der Waals surface area (Å²) in [5.74, 6) is 1.53. The molecule has 0 aliphatic heterocycles. The number of thioether (sulfide) groups is 1. The molecule has 0 aliphatic carbocycles. The maximum atomic E-state index is 10.7. The highest BCUT2D eigenvalue weighted by atomic mass is 32.2. The highest BCUT2D eigenvalue weighted by molar-refractivity contribution is 7.98. The Morgan fingerprint density at radius 3 is 2.52 bits per heavy atom. The van der Waals surface area contributed by atoms with Crippen molar-refractivity contribution in [3.05, 3.63) is 81.7 Å². The molecule has 2 aromatic carbocycles. The van der Waals surface area contributed by atoms with Crippen LogP contribution in [-0.2, 0) is 12.2 Å². The molecule has 0 spiro atoms. The van der Waals surface area contributed by atoms with E-state index in [-0.39, 0.29) is 5.69 Å². The predicted molar refractivity (Wildman–Crippen MR) is 95.5 cm³/mol. The lowest BCUT2D eigenvalue weighted by atomic mass is 9.98. The van der Waals surface area contributed by atoms with Gasteiger partial charge in [0.05, 0.1) is 4.92 Å². The van der Waals surface area contributed by atoms with Crippen LogP contribution < -0.4 is 0 Å². The third-order valence-electron chi connectivity index (χ3n) is 3.81. The number of nitro benzene ring substituents is 1. The smallest absolute Gasteiger partial charge is 0.276 e. The summed E-state index contributed by atoms with van der Waals surface area (Å²) in [5, 5.41) is 19.3. The average molecular weight is 355 g/mol. The molecule has 7 heteroatoms. The van der Waals surface area contributed by atoms with E-state index < -0.39 is 4.92 Å². The molecule has 0 radical (unpaired) electrons. The zero-order chi connectivity index (χ0) is 17.6. The van der Waals surface area contributed by atoms with E-state index in [0.717, 1.165) is 5.56 Å². The number of nitrogens with zero attached hydrogens (tertiary/aromatic N) is 3. The zero-order valence-corrected chi connectivity index (χ0v) is 14.5. The Morgan fingerprint density at radius 2 is 1.84 bits per heavy atom. The normalized spacial score (nSPS) is 12.0. The summed E-state index contributed by atoms with van der Waals surface area (Å²) in [5.41, 5.74) is 2.29. The minimum absolute atomic E-state index is 0.0868. The Hall–Kier alpha value is -2.67. The van der Waals surface area contributed by atoms with Gasteiger partial charge in [-0.3, -0.25) is 10.1 Å². The van der Waals surface area contributed by atoms with Crippen molar-refractivity contribution in [2.45, 2.75) is 30.2 Å². The van der Waals surface area contributed by atoms with Crippen molar-refractivity contribution in [1.82, 2.24) is 10.2 Å². The largest absolute Gasteiger partial charge is 0.416 e. The van der Waals surface area contributed by atoms with Crippen LogP contribution in [0.15, 0.2) is 64.2 Å². The Labute approximate surface area is 149 Å².